The van der Waals surface area contributed by atoms with Gasteiger partial charge in [-0.1, -0.05) is 18.2 Å². The molecule has 1 aromatic rings. The Balaban J connectivity index is 1.49. The van der Waals surface area contributed by atoms with Gasteiger partial charge in [0.15, 0.2) is 0 Å². The van der Waals surface area contributed by atoms with Gasteiger partial charge in [0.05, 0.1) is 19.0 Å². The number of thioether (sulfide) groups is 1. The van der Waals surface area contributed by atoms with Crippen LogP contribution in [0.15, 0.2) is 35.2 Å². The molecule has 5 heteroatoms. The van der Waals surface area contributed by atoms with Crippen molar-refractivity contribution in [3.05, 3.63) is 30.3 Å². The van der Waals surface area contributed by atoms with E-state index in [4.69, 9.17) is 4.74 Å². The molecule has 2 saturated heterocycles. The summed E-state index contributed by atoms with van der Waals surface area (Å²) < 4.78 is 5.43. The molecule has 1 unspecified atom stereocenters. The molecule has 3 rings (SSSR count). The quantitative estimate of drug-likeness (QED) is 0.796. The van der Waals surface area contributed by atoms with Gasteiger partial charge < -0.3 is 9.64 Å². The monoisotopic (exact) mass is 320 g/mol. The first kappa shape index (κ1) is 15.8. The summed E-state index contributed by atoms with van der Waals surface area (Å²) >= 11 is 1.63. The maximum Gasteiger partial charge on any atom is 0.232 e. The molecule has 0 spiro atoms. The van der Waals surface area contributed by atoms with Gasteiger partial charge in [0.25, 0.3) is 0 Å². The number of benzene rings is 1. The lowest BCUT2D eigenvalue weighted by Crippen LogP contribution is -2.53. The van der Waals surface area contributed by atoms with E-state index in [-0.39, 0.29) is 5.91 Å². The number of nitrogens with zero attached hydrogens (tertiary/aromatic N) is 2. The normalized spacial score (nSPS) is 23.5. The first-order valence-electron chi connectivity index (χ1n) is 8.10. The summed E-state index contributed by atoms with van der Waals surface area (Å²) in [7, 11) is 0. The molecule has 120 valence electrons. The van der Waals surface area contributed by atoms with Gasteiger partial charge in [-0.2, -0.15) is 0 Å². The first-order valence-corrected chi connectivity index (χ1v) is 9.09. The molecule has 2 aliphatic rings. The van der Waals surface area contributed by atoms with Crippen LogP contribution in [0.4, 0.5) is 0 Å². The lowest BCUT2D eigenvalue weighted by molar-refractivity contribution is -0.130. The van der Waals surface area contributed by atoms with E-state index in [0.29, 0.717) is 11.8 Å². The number of morpholine rings is 1. The van der Waals surface area contributed by atoms with Gasteiger partial charge in [-0.3, -0.25) is 9.69 Å². The van der Waals surface area contributed by atoms with Crippen LogP contribution in [0.1, 0.15) is 12.8 Å². The molecule has 22 heavy (non-hydrogen) atoms. The fourth-order valence-corrected chi connectivity index (χ4v) is 4.00. The Morgan fingerprint density at radius 1 is 1.18 bits per heavy atom. The van der Waals surface area contributed by atoms with Crippen molar-refractivity contribution in [3.8, 4) is 0 Å². The predicted molar refractivity (Wildman–Crippen MR) is 89.2 cm³/mol. The van der Waals surface area contributed by atoms with Crippen LogP contribution in [0.25, 0.3) is 0 Å². The standard InChI is InChI=1S/C17H24N2O2S/c20-17(14-22-16-6-2-1-3-7-16)19-8-4-5-15(13-19)18-9-11-21-12-10-18/h1-3,6-7,15H,4-5,8-14H2. The maximum atomic E-state index is 12.5. The van der Waals surface area contributed by atoms with E-state index in [1.807, 2.05) is 18.2 Å². The van der Waals surface area contributed by atoms with Crippen molar-refractivity contribution in [2.45, 2.75) is 23.8 Å². The molecule has 0 aliphatic carbocycles. The fraction of sp³-hybridized carbons (Fsp3) is 0.588. The molecule has 2 fully saturated rings. The van der Waals surface area contributed by atoms with Crippen LogP contribution >= 0.6 is 11.8 Å². The summed E-state index contributed by atoms with van der Waals surface area (Å²) in [4.78, 5) is 18.2. The maximum absolute atomic E-state index is 12.5. The molecule has 1 atom stereocenters. The summed E-state index contributed by atoms with van der Waals surface area (Å²) in [6, 6.07) is 10.7. The van der Waals surface area contributed by atoms with Gasteiger partial charge in [-0.15, -0.1) is 11.8 Å². The van der Waals surface area contributed by atoms with E-state index < -0.39 is 0 Å². The van der Waals surface area contributed by atoms with Gasteiger partial charge in [0.1, 0.15) is 0 Å². The first-order chi connectivity index (χ1) is 10.8. The summed E-state index contributed by atoms with van der Waals surface area (Å²) in [5.41, 5.74) is 0. The van der Waals surface area contributed by atoms with E-state index in [9.17, 15) is 4.79 Å². The second-order valence-electron chi connectivity index (χ2n) is 5.89. The summed E-state index contributed by atoms with van der Waals surface area (Å²) in [6.45, 7) is 5.46. The number of hydrogen-bond donors (Lipinski definition) is 0. The summed E-state index contributed by atoms with van der Waals surface area (Å²) in [5, 5.41) is 0. The smallest absolute Gasteiger partial charge is 0.232 e. The molecular weight excluding hydrogens is 296 g/mol. The van der Waals surface area contributed by atoms with Gasteiger partial charge in [-0.25, -0.2) is 0 Å². The number of carbonyl (C=O) groups is 1. The second-order valence-corrected chi connectivity index (χ2v) is 6.93. The largest absolute Gasteiger partial charge is 0.379 e. The predicted octanol–water partition coefficient (Wildman–Crippen LogP) is 2.10. The van der Waals surface area contributed by atoms with Crippen LogP contribution in [0.3, 0.4) is 0 Å². The van der Waals surface area contributed by atoms with Gasteiger partial charge in [-0.05, 0) is 25.0 Å². The third-order valence-electron chi connectivity index (χ3n) is 4.42. The Hall–Kier alpha value is -1.04. The number of piperidine rings is 1. The van der Waals surface area contributed by atoms with Gasteiger partial charge >= 0.3 is 0 Å². The highest BCUT2D eigenvalue weighted by atomic mass is 32.2. The van der Waals surface area contributed by atoms with E-state index in [1.165, 1.54) is 6.42 Å². The lowest BCUT2D eigenvalue weighted by Gasteiger charge is -2.40. The average molecular weight is 320 g/mol. The Labute approximate surface area is 136 Å². The molecule has 4 nitrogen and oxygen atoms in total. The fourth-order valence-electron chi connectivity index (χ4n) is 3.18. The minimum absolute atomic E-state index is 0.270. The highest BCUT2D eigenvalue weighted by Crippen LogP contribution is 2.21. The summed E-state index contributed by atoms with van der Waals surface area (Å²) in [5.74, 6) is 0.812. The molecule has 1 amide bonds. The third kappa shape index (κ3) is 4.24. The Morgan fingerprint density at radius 3 is 2.73 bits per heavy atom. The Bertz CT molecular complexity index is 477. The van der Waals surface area contributed by atoms with E-state index >= 15 is 0 Å². The molecule has 0 saturated carbocycles. The molecule has 0 radical (unpaired) electrons. The highest BCUT2D eigenvalue weighted by molar-refractivity contribution is 8.00. The minimum atomic E-state index is 0.270. The van der Waals surface area contributed by atoms with E-state index in [0.717, 1.165) is 50.7 Å². The molecule has 0 aromatic heterocycles. The number of hydrogen-bond acceptors (Lipinski definition) is 4. The number of rotatable bonds is 4. The van der Waals surface area contributed by atoms with Crippen molar-refractivity contribution in [3.63, 3.8) is 0 Å². The average Bonchev–Trinajstić information content (AvgIpc) is 2.61. The summed E-state index contributed by atoms with van der Waals surface area (Å²) in [6.07, 6.45) is 2.32. The van der Waals surface area contributed by atoms with Crippen LogP contribution in [0.5, 0.6) is 0 Å². The van der Waals surface area contributed by atoms with Crippen molar-refractivity contribution < 1.29 is 9.53 Å². The van der Waals surface area contributed by atoms with Crippen molar-refractivity contribution in [1.82, 2.24) is 9.80 Å². The van der Waals surface area contributed by atoms with E-state index in [2.05, 4.69) is 21.9 Å². The van der Waals surface area contributed by atoms with Gasteiger partial charge in [0.2, 0.25) is 5.91 Å². The zero-order valence-corrected chi connectivity index (χ0v) is 13.8. The van der Waals surface area contributed by atoms with Crippen LogP contribution in [0, 0.1) is 0 Å². The van der Waals surface area contributed by atoms with Crippen LogP contribution < -0.4 is 0 Å². The zero-order valence-electron chi connectivity index (χ0n) is 12.9. The minimum Gasteiger partial charge on any atom is -0.379 e. The molecular formula is C17H24N2O2S. The molecule has 0 bridgehead atoms. The molecule has 1 aromatic carbocycles. The van der Waals surface area contributed by atoms with Crippen molar-refractivity contribution >= 4 is 17.7 Å². The van der Waals surface area contributed by atoms with E-state index in [1.54, 1.807) is 11.8 Å². The van der Waals surface area contributed by atoms with Crippen molar-refractivity contribution in [2.24, 2.45) is 0 Å². The second kappa shape index (κ2) is 7.99. The zero-order chi connectivity index (χ0) is 15.2. The topological polar surface area (TPSA) is 32.8 Å². The lowest BCUT2D eigenvalue weighted by atomic mass is 10.0. The Kier molecular flexibility index (Phi) is 5.76. The molecule has 0 N–H and O–H groups in total. The van der Waals surface area contributed by atoms with Gasteiger partial charge in [0, 0.05) is 37.1 Å². The van der Waals surface area contributed by atoms with Crippen molar-refractivity contribution in [2.75, 3.05) is 45.1 Å². The Morgan fingerprint density at radius 2 is 1.95 bits per heavy atom. The van der Waals surface area contributed by atoms with Crippen molar-refractivity contribution in [1.29, 1.82) is 0 Å². The molecule has 2 heterocycles. The van der Waals surface area contributed by atoms with Crippen LogP contribution in [-0.2, 0) is 9.53 Å². The third-order valence-corrected chi connectivity index (χ3v) is 5.41. The number of likely N-dealkylation sites (tertiary alicyclic amines) is 1. The highest BCUT2D eigenvalue weighted by Gasteiger charge is 2.28. The molecule has 2 aliphatic heterocycles. The SMILES string of the molecule is O=C(CSc1ccccc1)N1CCCC(N2CCOCC2)C1. The van der Waals surface area contributed by atoms with Crippen LogP contribution in [0.2, 0.25) is 0 Å². The van der Waals surface area contributed by atoms with Crippen LogP contribution in [-0.4, -0.2) is 66.9 Å². The number of ether oxygens (including phenoxy) is 1. The number of amides is 1. The number of carbonyl (C=O) groups excluding carboxylic acids is 1.